The van der Waals surface area contributed by atoms with E-state index in [1.54, 1.807) is 19.1 Å². The normalized spacial score (nSPS) is 17.4. The number of carbonyl (C=O) groups excluding carboxylic acids is 1. The first kappa shape index (κ1) is 15.1. The van der Waals surface area contributed by atoms with E-state index in [-0.39, 0.29) is 5.91 Å². The van der Waals surface area contributed by atoms with Crippen molar-refractivity contribution in [3.05, 3.63) is 29.0 Å². The smallest absolute Gasteiger partial charge is 0.244 e. The van der Waals surface area contributed by atoms with E-state index in [4.69, 9.17) is 11.6 Å². The van der Waals surface area contributed by atoms with Gasteiger partial charge in [-0.05, 0) is 38.0 Å². The van der Waals surface area contributed by atoms with Crippen molar-refractivity contribution in [1.82, 2.24) is 4.90 Å². The largest absolute Gasteiger partial charge is 0.372 e. The molecule has 1 aliphatic rings. The first-order valence-electron chi connectivity index (χ1n) is 7.08. The molecule has 1 heterocycles. The highest BCUT2D eigenvalue weighted by Crippen LogP contribution is 2.20. The average molecular weight is 299 g/mol. The number of benzene rings is 1. The summed E-state index contributed by atoms with van der Waals surface area (Å²) >= 11 is 5.71. The fourth-order valence-electron chi connectivity index (χ4n) is 2.47. The van der Waals surface area contributed by atoms with Gasteiger partial charge in [-0.15, -0.1) is 0 Å². The molecule has 1 saturated heterocycles. The van der Waals surface area contributed by atoms with Gasteiger partial charge in [-0.25, -0.2) is 4.39 Å². The van der Waals surface area contributed by atoms with Crippen LogP contribution in [0.25, 0.3) is 0 Å². The highest BCUT2D eigenvalue weighted by Gasteiger charge is 2.21. The van der Waals surface area contributed by atoms with Crippen molar-refractivity contribution in [3.8, 4) is 0 Å². The molecular weight excluding hydrogens is 279 g/mol. The summed E-state index contributed by atoms with van der Waals surface area (Å²) in [5.41, 5.74) is 0.310. The molecule has 20 heavy (non-hydrogen) atoms. The molecule has 0 saturated carbocycles. The molecule has 1 aliphatic heterocycles. The van der Waals surface area contributed by atoms with E-state index in [1.165, 1.54) is 18.9 Å². The molecule has 0 spiro atoms. The van der Waals surface area contributed by atoms with E-state index < -0.39 is 11.9 Å². The summed E-state index contributed by atoms with van der Waals surface area (Å²) in [6.07, 6.45) is 4.45. The maximum absolute atomic E-state index is 13.7. The zero-order valence-corrected chi connectivity index (χ0v) is 12.4. The topological polar surface area (TPSA) is 32.3 Å². The number of halogens is 2. The van der Waals surface area contributed by atoms with E-state index in [2.05, 4.69) is 5.32 Å². The van der Waals surface area contributed by atoms with Crippen molar-refractivity contribution in [2.24, 2.45) is 0 Å². The van der Waals surface area contributed by atoms with Gasteiger partial charge in [-0.1, -0.05) is 24.4 Å². The maximum Gasteiger partial charge on any atom is 0.244 e. The number of amides is 1. The van der Waals surface area contributed by atoms with E-state index in [9.17, 15) is 9.18 Å². The van der Waals surface area contributed by atoms with Crippen LogP contribution >= 0.6 is 11.6 Å². The SMILES string of the molecule is CC(Nc1ccc(Cl)cc1F)C(=O)N1CCCCCC1. The second-order valence-electron chi connectivity index (χ2n) is 5.23. The molecule has 5 heteroatoms. The van der Waals surface area contributed by atoms with Gasteiger partial charge in [0.05, 0.1) is 5.69 Å². The van der Waals surface area contributed by atoms with Crippen molar-refractivity contribution in [2.75, 3.05) is 18.4 Å². The van der Waals surface area contributed by atoms with Gasteiger partial charge in [-0.2, -0.15) is 0 Å². The van der Waals surface area contributed by atoms with Crippen molar-refractivity contribution < 1.29 is 9.18 Å². The number of rotatable bonds is 3. The van der Waals surface area contributed by atoms with Crippen molar-refractivity contribution in [2.45, 2.75) is 38.6 Å². The van der Waals surface area contributed by atoms with Crippen molar-refractivity contribution in [1.29, 1.82) is 0 Å². The Morgan fingerprint density at radius 1 is 1.30 bits per heavy atom. The number of nitrogens with zero attached hydrogens (tertiary/aromatic N) is 1. The first-order chi connectivity index (χ1) is 9.58. The van der Waals surface area contributed by atoms with Gasteiger partial charge in [0.1, 0.15) is 11.9 Å². The Labute approximate surface area is 124 Å². The van der Waals surface area contributed by atoms with Gasteiger partial charge in [0.25, 0.3) is 0 Å². The van der Waals surface area contributed by atoms with Crippen LogP contribution in [-0.4, -0.2) is 29.9 Å². The van der Waals surface area contributed by atoms with Crippen LogP contribution in [0.4, 0.5) is 10.1 Å². The zero-order valence-electron chi connectivity index (χ0n) is 11.7. The van der Waals surface area contributed by atoms with Crippen LogP contribution in [0.5, 0.6) is 0 Å². The average Bonchev–Trinajstić information content (AvgIpc) is 2.70. The first-order valence-corrected chi connectivity index (χ1v) is 7.46. The monoisotopic (exact) mass is 298 g/mol. The minimum absolute atomic E-state index is 0.0289. The maximum atomic E-state index is 13.7. The molecule has 1 aromatic carbocycles. The number of anilines is 1. The second kappa shape index (κ2) is 6.93. The predicted octanol–water partition coefficient (Wildman–Crippen LogP) is 3.68. The zero-order chi connectivity index (χ0) is 14.5. The molecule has 1 N–H and O–H groups in total. The number of carbonyl (C=O) groups is 1. The van der Waals surface area contributed by atoms with E-state index in [0.717, 1.165) is 25.9 Å². The highest BCUT2D eigenvalue weighted by molar-refractivity contribution is 6.30. The lowest BCUT2D eigenvalue weighted by Gasteiger charge is -2.25. The lowest BCUT2D eigenvalue weighted by Crippen LogP contribution is -2.42. The third-order valence-corrected chi connectivity index (χ3v) is 3.83. The van der Waals surface area contributed by atoms with Crippen LogP contribution in [-0.2, 0) is 4.79 Å². The van der Waals surface area contributed by atoms with Crippen LogP contribution in [0.3, 0.4) is 0 Å². The van der Waals surface area contributed by atoms with Crippen LogP contribution in [0.1, 0.15) is 32.6 Å². The lowest BCUT2D eigenvalue weighted by molar-refractivity contribution is -0.131. The molecule has 1 amide bonds. The fourth-order valence-corrected chi connectivity index (χ4v) is 2.63. The van der Waals surface area contributed by atoms with Crippen LogP contribution < -0.4 is 5.32 Å². The molecule has 1 aromatic rings. The molecule has 0 radical (unpaired) electrons. The summed E-state index contributed by atoms with van der Waals surface area (Å²) in [7, 11) is 0. The Morgan fingerprint density at radius 2 is 1.95 bits per heavy atom. The Bertz CT molecular complexity index is 473. The second-order valence-corrected chi connectivity index (χ2v) is 5.67. The van der Waals surface area contributed by atoms with Gasteiger partial charge >= 0.3 is 0 Å². The van der Waals surface area contributed by atoms with Gasteiger partial charge in [0.15, 0.2) is 0 Å². The minimum atomic E-state index is -0.441. The van der Waals surface area contributed by atoms with E-state index in [0.29, 0.717) is 10.7 Å². The number of hydrogen-bond donors (Lipinski definition) is 1. The molecule has 1 fully saturated rings. The molecule has 1 atom stereocenters. The quantitative estimate of drug-likeness (QED) is 0.923. The summed E-state index contributed by atoms with van der Waals surface area (Å²) in [6.45, 7) is 3.36. The van der Waals surface area contributed by atoms with Gasteiger partial charge in [0.2, 0.25) is 5.91 Å². The van der Waals surface area contributed by atoms with E-state index in [1.807, 2.05) is 4.90 Å². The summed E-state index contributed by atoms with van der Waals surface area (Å²) in [5, 5.41) is 3.28. The fraction of sp³-hybridized carbons (Fsp3) is 0.533. The summed E-state index contributed by atoms with van der Waals surface area (Å²) < 4.78 is 13.7. The number of likely N-dealkylation sites (tertiary alicyclic amines) is 1. The number of nitrogens with one attached hydrogen (secondary N) is 1. The molecule has 0 aliphatic carbocycles. The summed E-state index contributed by atoms with van der Waals surface area (Å²) in [6, 6.07) is 3.97. The predicted molar refractivity (Wildman–Crippen MR) is 79.5 cm³/mol. The Balaban J connectivity index is 1.99. The Kier molecular flexibility index (Phi) is 5.24. The van der Waals surface area contributed by atoms with Crippen LogP contribution in [0.15, 0.2) is 18.2 Å². The molecule has 3 nitrogen and oxygen atoms in total. The van der Waals surface area contributed by atoms with Gasteiger partial charge in [-0.3, -0.25) is 4.79 Å². The third-order valence-electron chi connectivity index (χ3n) is 3.59. The molecule has 110 valence electrons. The van der Waals surface area contributed by atoms with Crippen molar-refractivity contribution in [3.63, 3.8) is 0 Å². The van der Waals surface area contributed by atoms with Gasteiger partial charge in [0, 0.05) is 18.1 Å². The molecular formula is C15H20ClFN2O. The Morgan fingerprint density at radius 3 is 2.55 bits per heavy atom. The lowest BCUT2D eigenvalue weighted by atomic mass is 10.2. The third kappa shape index (κ3) is 3.85. The standard InChI is InChI=1S/C15H20ClFN2O/c1-11(15(20)19-8-4-2-3-5-9-19)18-14-7-6-12(16)10-13(14)17/h6-7,10-11,18H,2-5,8-9H2,1H3. The summed E-state index contributed by atoms with van der Waals surface area (Å²) in [5.74, 6) is -0.408. The van der Waals surface area contributed by atoms with Crippen LogP contribution in [0.2, 0.25) is 5.02 Å². The minimum Gasteiger partial charge on any atom is -0.372 e. The highest BCUT2D eigenvalue weighted by atomic mass is 35.5. The molecule has 0 bridgehead atoms. The van der Waals surface area contributed by atoms with Crippen LogP contribution in [0, 0.1) is 5.82 Å². The van der Waals surface area contributed by atoms with E-state index >= 15 is 0 Å². The number of hydrogen-bond acceptors (Lipinski definition) is 2. The summed E-state index contributed by atoms with van der Waals surface area (Å²) in [4.78, 5) is 14.2. The molecule has 1 unspecified atom stereocenters. The molecule has 0 aromatic heterocycles. The van der Waals surface area contributed by atoms with Crippen molar-refractivity contribution >= 4 is 23.2 Å². The molecule has 2 rings (SSSR count). The Hall–Kier alpha value is -1.29. The van der Waals surface area contributed by atoms with Gasteiger partial charge < -0.3 is 10.2 Å².